The zero-order valence-electron chi connectivity index (χ0n) is 8.17. The summed E-state index contributed by atoms with van der Waals surface area (Å²) in [5.74, 6) is -0.322. The number of aromatic amines is 1. The van der Waals surface area contributed by atoms with Gasteiger partial charge >= 0.3 is 5.95 Å². The van der Waals surface area contributed by atoms with Crippen molar-refractivity contribution in [2.75, 3.05) is 6.61 Å². The molecule has 1 saturated heterocycles. The van der Waals surface area contributed by atoms with E-state index in [0.717, 1.165) is 0 Å². The molecule has 16 heavy (non-hydrogen) atoms. The van der Waals surface area contributed by atoms with Gasteiger partial charge in [-0.1, -0.05) is 4.98 Å². The molecular formula is C8H10ClN3O4. The second-order valence-corrected chi connectivity index (χ2v) is 4.06. The van der Waals surface area contributed by atoms with Crippen molar-refractivity contribution in [3.05, 3.63) is 22.0 Å². The SMILES string of the molecule is O=[N+]([O-])c1nc([C@H]2C[C@H](Cl)[C@@H](CO)O2)c[nH]1. The highest BCUT2D eigenvalue weighted by molar-refractivity contribution is 6.21. The summed E-state index contributed by atoms with van der Waals surface area (Å²) in [6.45, 7) is -0.169. The standard InChI is InChI=1S/C8H10ClN3O4/c9-4-1-6(16-7(4)3-13)5-2-10-8(11-5)12(14)15/h2,4,6-7,13H,1,3H2,(H,10,11)/t4-,6+,7+/m0/s1. The molecule has 0 radical (unpaired) electrons. The van der Waals surface area contributed by atoms with Crippen LogP contribution in [0.2, 0.25) is 0 Å². The van der Waals surface area contributed by atoms with Gasteiger partial charge in [-0.25, -0.2) is 4.98 Å². The first-order valence-corrected chi connectivity index (χ1v) is 5.15. The quantitative estimate of drug-likeness (QED) is 0.466. The number of halogens is 1. The molecule has 88 valence electrons. The van der Waals surface area contributed by atoms with Crippen molar-refractivity contribution in [3.8, 4) is 0 Å². The molecule has 0 spiro atoms. The van der Waals surface area contributed by atoms with Crippen LogP contribution in [-0.4, -0.2) is 38.1 Å². The number of nitrogens with zero attached hydrogens (tertiary/aromatic N) is 2. The highest BCUT2D eigenvalue weighted by Crippen LogP contribution is 2.35. The van der Waals surface area contributed by atoms with Gasteiger partial charge in [0.25, 0.3) is 0 Å². The number of aliphatic hydroxyl groups excluding tert-OH is 1. The third-order valence-corrected chi connectivity index (χ3v) is 2.91. The minimum absolute atomic E-state index is 0.169. The van der Waals surface area contributed by atoms with Crippen molar-refractivity contribution in [2.45, 2.75) is 24.0 Å². The van der Waals surface area contributed by atoms with Crippen molar-refractivity contribution in [2.24, 2.45) is 0 Å². The van der Waals surface area contributed by atoms with Crippen LogP contribution in [0.15, 0.2) is 6.20 Å². The molecule has 0 amide bonds. The van der Waals surface area contributed by atoms with Crippen LogP contribution < -0.4 is 0 Å². The molecule has 8 heteroatoms. The molecule has 7 nitrogen and oxygen atoms in total. The maximum atomic E-state index is 10.4. The molecule has 0 aromatic carbocycles. The summed E-state index contributed by atoms with van der Waals surface area (Å²) in [5, 5.41) is 19.1. The Labute approximate surface area is 95.5 Å². The van der Waals surface area contributed by atoms with Gasteiger partial charge in [0.2, 0.25) is 0 Å². The van der Waals surface area contributed by atoms with E-state index in [0.29, 0.717) is 12.1 Å². The van der Waals surface area contributed by atoms with Gasteiger partial charge in [-0.05, 0) is 11.3 Å². The van der Waals surface area contributed by atoms with E-state index < -0.39 is 17.1 Å². The average molecular weight is 248 g/mol. The first kappa shape index (κ1) is 11.3. The van der Waals surface area contributed by atoms with Crippen molar-refractivity contribution >= 4 is 17.5 Å². The first-order valence-electron chi connectivity index (χ1n) is 4.72. The lowest BCUT2D eigenvalue weighted by atomic mass is 10.1. The Morgan fingerprint density at radius 2 is 2.56 bits per heavy atom. The number of imidazole rings is 1. The molecule has 1 aromatic heterocycles. The number of aromatic nitrogens is 2. The summed E-state index contributed by atoms with van der Waals surface area (Å²) in [7, 11) is 0. The summed E-state index contributed by atoms with van der Waals surface area (Å²) >= 11 is 5.94. The summed E-state index contributed by atoms with van der Waals surface area (Å²) in [5.41, 5.74) is 0.438. The second kappa shape index (κ2) is 4.36. The first-order chi connectivity index (χ1) is 7.61. The van der Waals surface area contributed by atoms with E-state index in [1.807, 2.05) is 0 Å². The maximum absolute atomic E-state index is 10.4. The Morgan fingerprint density at radius 3 is 3.06 bits per heavy atom. The molecule has 0 bridgehead atoms. The van der Waals surface area contributed by atoms with Crippen molar-refractivity contribution < 1.29 is 14.8 Å². The molecule has 2 rings (SSSR count). The fraction of sp³-hybridized carbons (Fsp3) is 0.625. The largest absolute Gasteiger partial charge is 0.432 e. The minimum Gasteiger partial charge on any atom is -0.394 e. The molecule has 3 atom stereocenters. The molecule has 1 aromatic rings. The zero-order valence-corrected chi connectivity index (χ0v) is 8.92. The van der Waals surface area contributed by atoms with Gasteiger partial charge in [-0.15, -0.1) is 11.6 Å². The number of rotatable bonds is 3. The van der Waals surface area contributed by atoms with Crippen LogP contribution in [0, 0.1) is 10.1 Å². The van der Waals surface area contributed by atoms with Gasteiger partial charge in [0.1, 0.15) is 12.3 Å². The van der Waals surface area contributed by atoms with Crippen LogP contribution in [0.25, 0.3) is 0 Å². The van der Waals surface area contributed by atoms with Gasteiger partial charge in [0, 0.05) is 0 Å². The summed E-state index contributed by atoms with van der Waals surface area (Å²) in [6.07, 6.45) is 1.06. The van der Waals surface area contributed by atoms with Gasteiger partial charge in [-0.3, -0.25) is 0 Å². The van der Waals surface area contributed by atoms with Crippen LogP contribution >= 0.6 is 11.6 Å². The maximum Gasteiger partial charge on any atom is 0.432 e. The Balaban J connectivity index is 2.11. The number of H-pyrrole nitrogens is 1. The van der Waals surface area contributed by atoms with Gasteiger partial charge in [-0.2, -0.15) is 0 Å². The van der Waals surface area contributed by atoms with Crippen LogP contribution in [0.4, 0.5) is 5.95 Å². The topological polar surface area (TPSA) is 101 Å². The fourth-order valence-corrected chi connectivity index (χ4v) is 1.94. The lowest BCUT2D eigenvalue weighted by Crippen LogP contribution is -2.20. The van der Waals surface area contributed by atoms with Crippen LogP contribution in [-0.2, 0) is 4.74 Å². The molecule has 1 fully saturated rings. The van der Waals surface area contributed by atoms with Crippen LogP contribution in [0.3, 0.4) is 0 Å². The van der Waals surface area contributed by atoms with Gasteiger partial charge < -0.3 is 20.0 Å². The molecule has 2 heterocycles. The van der Waals surface area contributed by atoms with Crippen LogP contribution in [0.5, 0.6) is 0 Å². The van der Waals surface area contributed by atoms with E-state index in [9.17, 15) is 10.1 Å². The number of hydrogen-bond donors (Lipinski definition) is 2. The van der Waals surface area contributed by atoms with E-state index in [2.05, 4.69) is 9.97 Å². The molecule has 0 unspecified atom stereocenters. The number of ether oxygens (including phenoxy) is 1. The van der Waals surface area contributed by atoms with Crippen molar-refractivity contribution in [1.29, 1.82) is 0 Å². The predicted molar refractivity (Wildman–Crippen MR) is 54.2 cm³/mol. The van der Waals surface area contributed by atoms with E-state index in [-0.39, 0.29) is 17.9 Å². The second-order valence-electron chi connectivity index (χ2n) is 3.50. The normalized spacial score (nSPS) is 29.5. The molecule has 2 N–H and O–H groups in total. The molecule has 0 saturated carbocycles. The third kappa shape index (κ3) is 2.01. The molecule has 0 aliphatic carbocycles. The van der Waals surface area contributed by atoms with E-state index in [4.69, 9.17) is 21.4 Å². The lowest BCUT2D eigenvalue weighted by molar-refractivity contribution is -0.393. The van der Waals surface area contributed by atoms with Crippen molar-refractivity contribution in [3.63, 3.8) is 0 Å². The Morgan fingerprint density at radius 1 is 1.81 bits per heavy atom. The van der Waals surface area contributed by atoms with Crippen molar-refractivity contribution in [1.82, 2.24) is 9.97 Å². The summed E-state index contributed by atoms with van der Waals surface area (Å²) in [6, 6.07) is 0. The number of aliphatic hydroxyl groups is 1. The Kier molecular flexibility index (Phi) is 3.08. The lowest BCUT2D eigenvalue weighted by Gasteiger charge is -2.08. The zero-order chi connectivity index (χ0) is 11.7. The van der Waals surface area contributed by atoms with E-state index in [1.54, 1.807) is 0 Å². The smallest absolute Gasteiger partial charge is 0.394 e. The van der Waals surface area contributed by atoms with Gasteiger partial charge in [0.05, 0.1) is 18.1 Å². The number of nitro groups is 1. The number of alkyl halides is 1. The predicted octanol–water partition coefficient (Wildman–Crippen LogP) is 0.748. The number of hydrogen-bond acceptors (Lipinski definition) is 5. The fourth-order valence-electron chi connectivity index (χ4n) is 1.64. The minimum atomic E-state index is -0.611. The summed E-state index contributed by atoms with van der Waals surface area (Å²) in [4.78, 5) is 16.0. The molecule has 1 aliphatic rings. The number of nitrogens with one attached hydrogen (secondary N) is 1. The third-order valence-electron chi connectivity index (χ3n) is 2.45. The van der Waals surface area contributed by atoms with E-state index >= 15 is 0 Å². The Hall–Kier alpha value is -1.18. The summed E-state index contributed by atoms with van der Waals surface area (Å²) < 4.78 is 5.41. The monoisotopic (exact) mass is 247 g/mol. The van der Waals surface area contributed by atoms with E-state index in [1.165, 1.54) is 6.20 Å². The van der Waals surface area contributed by atoms with Gasteiger partial charge in [0.15, 0.2) is 5.69 Å². The highest BCUT2D eigenvalue weighted by atomic mass is 35.5. The molecule has 1 aliphatic heterocycles. The average Bonchev–Trinajstić information content (AvgIpc) is 2.83. The highest BCUT2D eigenvalue weighted by Gasteiger charge is 2.37. The molecular weight excluding hydrogens is 238 g/mol. The Bertz CT molecular complexity index is 396. The van der Waals surface area contributed by atoms with Crippen LogP contribution in [0.1, 0.15) is 18.2 Å².